The predicted molar refractivity (Wildman–Crippen MR) is 52.1 cm³/mol. The van der Waals surface area contributed by atoms with Gasteiger partial charge in [0.1, 0.15) is 11.5 Å². The normalized spacial score (nSPS) is 10.6. The Morgan fingerprint density at radius 1 is 1.28 bits per heavy atom. The largest absolute Gasteiger partial charge is 0.504 e. The fraction of sp³-hybridized carbons (Fsp3) is 0. The zero-order valence-electron chi connectivity index (χ0n) is 8.56. The number of carboxylic acid groups (broad SMARTS) is 1. The van der Waals surface area contributed by atoms with E-state index in [1.807, 2.05) is 0 Å². The number of hydrogen-bond donors (Lipinski definition) is 2. The van der Waals surface area contributed by atoms with E-state index in [4.69, 9.17) is 5.11 Å². The number of aromatic carboxylic acids is 1. The van der Waals surface area contributed by atoms with Gasteiger partial charge in [-0.15, -0.1) is 0 Å². The molecule has 0 fully saturated rings. The molecule has 0 spiro atoms. The van der Waals surface area contributed by atoms with Gasteiger partial charge in [0.15, 0.2) is 17.4 Å². The molecule has 0 amide bonds. The molecule has 8 heteroatoms. The molecule has 0 aliphatic heterocycles. The number of aromatic nitrogens is 2. The number of benzene rings is 1. The summed E-state index contributed by atoms with van der Waals surface area (Å²) in [6.07, 6.45) is 0.737. The smallest absolute Gasteiger partial charge is 0.360 e. The summed E-state index contributed by atoms with van der Waals surface area (Å²) < 4.78 is 39.8. The average Bonchev–Trinajstić information content (AvgIpc) is 2.65. The second kappa shape index (κ2) is 4.06. The van der Waals surface area contributed by atoms with Gasteiger partial charge in [-0.25, -0.2) is 22.6 Å². The van der Waals surface area contributed by atoms with E-state index in [0.717, 1.165) is 6.20 Å². The van der Waals surface area contributed by atoms with E-state index in [2.05, 4.69) is 5.10 Å². The first-order chi connectivity index (χ1) is 8.40. The van der Waals surface area contributed by atoms with Crippen molar-refractivity contribution in [1.82, 2.24) is 9.78 Å². The van der Waals surface area contributed by atoms with E-state index in [0.29, 0.717) is 16.8 Å². The fourth-order valence-electron chi connectivity index (χ4n) is 1.35. The van der Waals surface area contributed by atoms with Crippen LogP contribution in [0.4, 0.5) is 13.2 Å². The molecule has 0 saturated heterocycles. The summed E-state index contributed by atoms with van der Waals surface area (Å²) in [6.45, 7) is 0. The first kappa shape index (κ1) is 12.0. The third kappa shape index (κ3) is 1.88. The molecule has 2 aromatic rings. The number of nitrogens with zero attached hydrogens (tertiary/aromatic N) is 2. The van der Waals surface area contributed by atoms with E-state index < -0.39 is 40.6 Å². The Morgan fingerprint density at radius 3 is 2.50 bits per heavy atom. The third-order valence-electron chi connectivity index (χ3n) is 2.12. The summed E-state index contributed by atoms with van der Waals surface area (Å²) in [5, 5.41) is 21.2. The summed E-state index contributed by atoms with van der Waals surface area (Å²) in [6, 6.07) is 0.955. The zero-order valence-corrected chi connectivity index (χ0v) is 8.56. The Labute approximate surface area is 97.7 Å². The van der Waals surface area contributed by atoms with Gasteiger partial charge in [-0.3, -0.25) is 0 Å². The highest BCUT2D eigenvalue weighted by Gasteiger charge is 2.19. The van der Waals surface area contributed by atoms with Crippen molar-refractivity contribution in [3.8, 4) is 11.4 Å². The Balaban J connectivity index is 2.62. The van der Waals surface area contributed by atoms with Crippen molar-refractivity contribution in [2.75, 3.05) is 0 Å². The Bertz CT molecular complexity index is 640. The molecule has 1 heterocycles. The highest BCUT2D eigenvalue weighted by Crippen LogP contribution is 2.22. The third-order valence-corrected chi connectivity index (χ3v) is 2.12. The van der Waals surface area contributed by atoms with Crippen LogP contribution in [0.1, 0.15) is 10.5 Å². The maximum Gasteiger partial charge on any atom is 0.360 e. The standard InChI is InChI=1S/C10H5F3N2O3/c11-4-1-5(12)8(13)6(2-4)15-3-7(16)9(14-15)10(17)18/h1-3,16H,(H,17,18). The molecule has 0 saturated carbocycles. The number of halogens is 3. The number of aromatic hydroxyl groups is 1. The SMILES string of the molecule is O=C(O)c1nn(-c2cc(F)cc(F)c2F)cc1O. The lowest BCUT2D eigenvalue weighted by molar-refractivity contribution is 0.0687. The van der Waals surface area contributed by atoms with E-state index in [9.17, 15) is 23.1 Å². The van der Waals surface area contributed by atoms with Crippen molar-refractivity contribution in [2.45, 2.75) is 0 Å². The molecular formula is C10H5F3N2O3. The molecule has 18 heavy (non-hydrogen) atoms. The Morgan fingerprint density at radius 2 is 1.94 bits per heavy atom. The summed E-state index contributed by atoms with van der Waals surface area (Å²) >= 11 is 0. The van der Waals surface area contributed by atoms with Gasteiger partial charge in [0, 0.05) is 12.1 Å². The van der Waals surface area contributed by atoms with Crippen molar-refractivity contribution in [1.29, 1.82) is 0 Å². The summed E-state index contributed by atoms with van der Waals surface area (Å²) in [5.74, 6) is -6.21. The van der Waals surface area contributed by atoms with Crippen molar-refractivity contribution in [2.24, 2.45) is 0 Å². The summed E-state index contributed by atoms with van der Waals surface area (Å²) in [5.41, 5.74) is -1.39. The van der Waals surface area contributed by atoms with Crippen molar-refractivity contribution < 1.29 is 28.2 Å². The molecule has 0 unspecified atom stereocenters. The highest BCUT2D eigenvalue weighted by molar-refractivity contribution is 5.88. The van der Waals surface area contributed by atoms with Crippen LogP contribution in [0.3, 0.4) is 0 Å². The Kier molecular flexibility index (Phi) is 2.70. The van der Waals surface area contributed by atoms with Crippen LogP contribution >= 0.6 is 0 Å². The van der Waals surface area contributed by atoms with Crippen LogP contribution in [-0.4, -0.2) is 26.0 Å². The Hall–Kier alpha value is -2.51. The predicted octanol–water partition coefficient (Wildman–Crippen LogP) is 1.69. The number of hydrogen-bond acceptors (Lipinski definition) is 3. The average molecular weight is 258 g/mol. The number of rotatable bonds is 2. The van der Waals surface area contributed by atoms with E-state index in [-0.39, 0.29) is 0 Å². The molecule has 0 radical (unpaired) electrons. The van der Waals surface area contributed by atoms with Gasteiger partial charge in [0.2, 0.25) is 5.69 Å². The van der Waals surface area contributed by atoms with Crippen LogP contribution < -0.4 is 0 Å². The summed E-state index contributed by atoms with van der Waals surface area (Å²) in [7, 11) is 0. The van der Waals surface area contributed by atoms with Crippen LogP contribution in [0.15, 0.2) is 18.3 Å². The fourth-order valence-corrected chi connectivity index (χ4v) is 1.35. The van der Waals surface area contributed by atoms with Gasteiger partial charge in [0.05, 0.1) is 6.20 Å². The molecule has 0 aliphatic carbocycles. The van der Waals surface area contributed by atoms with Gasteiger partial charge in [-0.2, -0.15) is 5.10 Å². The van der Waals surface area contributed by atoms with Crippen molar-refractivity contribution in [3.63, 3.8) is 0 Å². The van der Waals surface area contributed by atoms with Crippen molar-refractivity contribution in [3.05, 3.63) is 41.5 Å². The number of carboxylic acids is 1. The second-order valence-corrected chi connectivity index (χ2v) is 3.33. The zero-order chi connectivity index (χ0) is 13.4. The van der Waals surface area contributed by atoms with Crippen LogP contribution in [-0.2, 0) is 0 Å². The van der Waals surface area contributed by atoms with Gasteiger partial charge in [-0.05, 0) is 0 Å². The van der Waals surface area contributed by atoms with Gasteiger partial charge >= 0.3 is 5.97 Å². The van der Waals surface area contributed by atoms with E-state index in [1.54, 1.807) is 0 Å². The molecule has 2 N–H and O–H groups in total. The molecule has 0 aliphatic rings. The molecule has 1 aromatic heterocycles. The van der Waals surface area contributed by atoms with E-state index in [1.165, 1.54) is 0 Å². The van der Waals surface area contributed by atoms with Crippen LogP contribution in [0.25, 0.3) is 5.69 Å². The topological polar surface area (TPSA) is 75.3 Å². The molecule has 5 nitrogen and oxygen atoms in total. The lowest BCUT2D eigenvalue weighted by atomic mass is 10.3. The second-order valence-electron chi connectivity index (χ2n) is 3.33. The van der Waals surface area contributed by atoms with Gasteiger partial charge in [-0.1, -0.05) is 0 Å². The van der Waals surface area contributed by atoms with Crippen molar-refractivity contribution >= 4 is 5.97 Å². The first-order valence-electron chi connectivity index (χ1n) is 4.57. The highest BCUT2D eigenvalue weighted by atomic mass is 19.2. The maximum absolute atomic E-state index is 13.4. The van der Waals surface area contributed by atoms with Gasteiger partial charge < -0.3 is 10.2 Å². The minimum atomic E-state index is -1.55. The molecule has 1 aromatic carbocycles. The quantitative estimate of drug-likeness (QED) is 0.804. The molecule has 2 rings (SSSR count). The molecular weight excluding hydrogens is 253 g/mol. The van der Waals surface area contributed by atoms with E-state index >= 15 is 0 Å². The lowest BCUT2D eigenvalue weighted by Crippen LogP contribution is -2.04. The van der Waals surface area contributed by atoms with Crippen LogP contribution in [0.5, 0.6) is 5.75 Å². The first-order valence-corrected chi connectivity index (χ1v) is 4.57. The lowest BCUT2D eigenvalue weighted by Gasteiger charge is -2.03. The van der Waals surface area contributed by atoms with Crippen LogP contribution in [0, 0.1) is 17.5 Å². The van der Waals surface area contributed by atoms with Gasteiger partial charge in [0.25, 0.3) is 0 Å². The molecule has 0 bridgehead atoms. The minimum absolute atomic E-state index is 0.334. The minimum Gasteiger partial charge on any atom is -0.504 e. The molecule has 0 atom stereocenters. The number of carbonyl (C=O) groups is 1. The summed E-state index contributed by atoms with van der Waals surface area (Å²) in [4.78, 5) is 10.6. The maximum atomic E-state index is 13.4. The van der Waals surface area contributed by atoms with Crippen LogP contribution in [0.2, 0.25) is 0 Å². The monoisotopic (exact) mass is 258 g/mol. The molecule has 94 valence electrons.